The quantitative estimate of drug-likeness (QED) is 0.617. The van der Waals surface area contributed by atoms with Crippen LogP contribution in [0, 0.1) is 13.8 Å². The molecule has 29 heavy (non-hydrogen) atoms. The number of nitrogens with one attached hydrogen (secondary N) is 2. The molecule has 0 saturated heterocycles. The maximum Gasteiger partial charge on any atom is 0.251 e. The third-order valence-corrected chi connectivity index (χ3v) is 6.19. The van der Waals surface area contributed by atoms with E-state index in [-0.39, 0.29) is 23.4 Å². The Morgan fingerprint density at radius 1 is 1.03 bits per heavy atom. The van der Waals surface area contributed by atoms with Gasteiger partial charge in [0.05, 0.1) is 17.2 Å². The number of rotatable bonds is 7. The molecular formula is C22H24N2O4S. The molecule has 1 heterocycles. The number of sulfonamides is 1. The summed E-state index contributed by atoms with van der Waals surface area (Å²) in [4.78, 5) is 12.6. The van der Waals surface area contributed by atoms with Crippen molar-refractivity contribution in [3.8, 4) is 0 Å². The minimum atomic E-state index is -3.60. The molecule has 0 aliphatic heterocycles. The molecule has 0 aliphatic rings. The van der Waals surface area contributed by atoms with Crippen LogP contribution in [0.5, 0.6) is 0 Å². The number of furan rings is 1. The van der Waals surface area contributed by atoms with E-state index in [1.54, 1.807) is 60.9 Å². The van der Waals surface area contributed by atoms with Crippen LogP contribution in [-0.4, -0.2) is 14.3 Å². The van der Waals surface area contributed by atoms with Crippen molar-refractivity contribution < 1.29 is 17.6 Å². The summed E-state index contributed by atoms with van der Waals surface area (Å²) in [7, 11) is -3.60. The first-order valence-corrected chi connectivity index (χ1v) is 10.7. The number of hydrogen-bond donors (Lipinski definition) is 2. The number of amides is 1. The summed E-state index contributed by atoms with van der Waals surface area (Å²) in [6, 6.07) is 15.2. The van der Waals surface area contributed by atoms with Gasteiger partial charge in [-0.05, 0) is 73.9 Å². The van der Waals surface area contributed by atoms with Gasteiger partial charge in [-0.2, -0.15) is 0 Å². The third kappa shape index (κ3) is 5.13. The van der Waals surface area contributed by atoms with Crippen molar-refractivity contribution in [2.75, 3.05) is 0 Å². The van der Waals surface area contributed by atoms with Crippen molar-refractivity contribution in [2.45, 2.75) is 38.3 Å². The van der Waals surface area contributed by atoms with Crippen LogP contribution in [0.15, 0.2) is 70.2 Å². The summed E-state index contributed by atoms with van der Waals surface area (Å²) in [5, 5.41) is 2.86. The minimum absolute atomic E-state index is 0.139. The van der Waals surface area contributed by atoms with E-state index in [1.807, 2.05) is 20.8 Å². The third-order valence-electron chi connectivity index (χ3n) is 4.79. The second-order valence-corrected chi connectivity index (χ2v) is 8.75. The van der Waals surface area contributed by atoms with Gasteiger partial charge in [0.1, 0.15) is 5.76 Å². The van der Waals surface area contributed by atoms with Gasteiger partial charge in [0.2, 0.25) is 10.0 Å². The van der Waals surface area contributed by atoms with Crippen molar-refractivity contribution >= 4 is 15.9 Å². The van der Waals surface area contributed by atoms with Crippen LogP contribution in [0.3, 0.4) is 0 Å². The summed E-state index contributed by atoms with van der Waals surface area (Å²) < 4.78 is 32.9. The lowest BCUT2D eigenvalue weighted by molar-refractivity contribution is 0.0935. The molecule has 0 aliphatic carbocycles. The fraction of sp³-hybridized carbons (Fsp3) is 0.227. The number of aryl methyl sites for hydroxylation is 2. The van der Waals surface area contributed by atoms with E-state index in [0.29, 0.717) is 11.3 Å². The average molecular weight is 413 g/mol. The lowest BCUT2D eigenvalue weighted by atomic mass is 10.1. The van der Waals surface area contributed by atoms with Gasteiger partial charge < -0.3 is 9.73 Å². The second-order valence-electron chi connectivity index (χ2n) is 6.98. The van der Waals surface area contributed by atoms with Crippen LogP contribution < -0.4 is 10.0 Å². The molecule has 3 aromatic rings. The van der Waals surface area contributed by atoms with Crippen LogP contribution in [0.25, 0.3) is 0 Å². The van der Waals surface area contributed by atoms with Crippen molar-refractivity contribution in [1.82, 2.24) is 10.0 Å². The molecule has 7 heteroatoms. The van der Waals surface area contributed by atoms with Gasteiger partial charge >= 0.3 is 0 Å². The van der Waals surface area contributed by atoms with Crippen molar-refractivity contribution in [2.24, 2.45) is 0 Å². The Kier molecular flexibility index (Phi) is 6.20. The molecule has 3 rings (SSSR count). The molecule has 0 bridgehead atoms. The average Bonchev–Trinajstić information content (AvgIpc) is 3.24. The van der Waals surface area contributed by atoms with E-state index >= 15 is 0 Å². The summed E-state index contributed by atoms with van der Waals surface area (Å²) in [5.41, 5.74) is 3.21. The van der Waals surface area contributed by atoms with E-state index in [4.69, 9.17) is 4.42 Å². The molecule has 0 fully saturated rings. The first-order chi connectivity index (χ1) is 13.8. The van der Waals surface area contributed by atoms with Gasteiger partial charge in [0.15, 0.2) is 0 Å². The van der Waals surface area contributed by atoms with E-state index in [0.717, 1.165) is 16.7 Å². The van der Waals surface area contributed by atoms with Gasteiger partial charge in [-0.15, -0.1) is 0 Å². The zero-order valence-electron chi connectivity index (χ0n) is 16.6. The molecule has 2 aromatic carbocycles. The zero-order valence-corrected chi connectivity index (χ0v) is 17.4. The van der Waals surface area contributed by atoms with E-state index in [2.05, 4.69) is 10.0 Å². The minimum Gasteiger partial charge on any atom is -0.467 e. The normalized spacial score (nSPS) is 12.5. The maximum absolute atomic E-state index is 12.5. The van der Waals surface area contributed by atoms with E-state index in [1.165, 1.54) is 0 Å². The number of carbonyl (C=O) groups is 1. The smallest absolute Gasteiger partial charge is 0.251 e. The topological polar surface area (TPSA) is 88.4 Å². The predicted octanol–water partition coefficient (Wildman–Crippen LogP) is 3.87. The number of benzene rings is 2. The Bertz CT molecular complexity index is 1090. The van der Waals surface area contributed by atoms with Gasteiger partial charge in [-0.25, -0.2) is 13.1 Å². The molecule has 1 atom stereocenters. The lowest BCUT2D eigenvalue weighted by Crippen LogP contribution is -2.26. The largest absolute Gasteiger partial charge is 0.467 e. The number of hydrogen-bond acceptors (Lipinski definition) is 4. The molecule has 2 N–H and O–H groups in total. The van der Waals surface area contributed by atoms with Gasteiger partial charge in [0, 0.05) is 12.1 Å². The summed E-state index contributed by atoms with van der Waals surface area (Å²) in [6.07, 6.45) is 1.56. The predicted molar refractivity (Wildman–Crippen MR) is 111 cm³/mol. The van der Waals surface area contributed by atoms with E-state index in [9.17, 15) is 13.2 Å². The molecular weight excluding hydrogens is 388 g/mol. The highest BCUT2D eigenvalue weighted by Crippen LogP contribution is 2.16. The monoisotopic (exact) mass is 412 g/mol. The van der Waals surface area contributed by atoms with Gasteiger partial charge in [-0.3, -0.25) is 4.79 Å². The molecule has 1 amide bonds. The first-order valence-electron chi connectivity index (χ1n) is 9.26. The Morgan fingerprint density at radius 2 is 1.76 bits per heavy atom. The van der Waals surface area contributed by atoms with E-state index < -0.39 is 10.0 Å². The molecule has 0 radical (unpaired) electrons. The SMILES string of the molecule is Cc1ccc(S(=O)(=O)NCc2ccc(C(=O)N[C@@H](C)c3ccco3)cc2)cc1C. The van der Waals surface area contributed by atoms with Gasteiger partial charge in [-0.1, -0.05) is 18.2 Å². The standard InChI is InChI=1S/C22H24N2O4S/c1-15-6-11-20(13-16(15)2)29(26,27)23-14-18-7-9-19(10-8-18)22(25)24-17(3)21-5-4-12-28-21/h4-13,17,23H,14H2,1-3H3,(H,24,25)/t17-/m0/s1. The fourth-order valence-electron chi connectivity index (χ4n) is 2.81. The summed E-state index contributed by atoms with van der Waals surface area (Å²) in [5.74, 6) is 0.451. The highest BCUT2D eigenvalue weighted by molar-refractivity contribution is 7.89. The van der Waals surface area contributed by atoms with Crippen molar-refractivity contribution in [3.05, 3.63) is 88.9 Å². The van der Waals surface area contributed by atoms with Crippen LogP contribution in [0.1, 0.15) is 45.8 Å². The molecule has 0 spiro atoms. The van der Waals surface area contributed by atoms with Crippen LogP contribution in [-0.2, 0) is 16.6 Å². The Hall–Kier alpha value is -2.90. The highest BCUT2D eigenvalue weighted by Gasteiger charge is 2.15. The highest BCUT2D eigenvalue weighted by atomic mass is 32.2. The van der Waals surface area contributed by atoms with Crippen LogP contribution >= 0.6 is 0 Å². The summed E-state index contributed by atoms with van der Waals surface area (Å²) >= 11 is 0. The molecule has 0 unspecified atom stereocenters. The van der Waals surface area contributed by atoms with Crippen molar-refractivity contribution in [1.29, 1.82) is 0 Å². The Labute approximate surface area is 171 Å². The second kappa shape index (κ2) is 8.63. The Morgan fingerprint density at radius 3 is 2.38 bits per heavy atom. The van der Waals surface area contributed by atoms with Crippen molar-refractivity contribution in [3.63, 3.8) is 0 Å². The molecule has 1 aromatic heterocycles. The zero-order chi connectivity index (χ0) is 21.0. The van der Waals surface area contributed by atoms with Crippen LogP contribution in [0.4, 0.5) is 0 Å². The lowest BCUT2D eigenvalue weighted by Gasteiger charge is -2.12. The summed E-state index contributed by atoms with van der Waals surface area (Å²) in [6.45, 7) is 5.80. The number of carbonyl (C=O) groups excluding carboxylic acids is 1. The first kappa shape index (κ1) is 20.8. The Balaban J connectivity index is 1.61. The fourth-order valence-corrected chi connectivity index (χ4v) is 3.91. The molecule has 6 nitrogen and oxygen atoms in total. The molecule has 0 saturated carbocycles. The van der Waals surface area contributed by atoms with Crippen LogP contribution in [0.2, 0.25) is 0 Å². The van der Waals surface area contributed by atoms with Gasteiger partial charge in [0.25, 0.3) is 5.91 Å². The maximum atomic E-state index is 12.5. The molecule has 152 valence electrons.